The van der Waals surface area contributed by atoms with Gasteiger partial charge in [0.2, 0.25) is 0 Å². The van der Waals surface area contributed by atoms with Crippen LogP contribution in [0.2, 0.25) is 0 Å². The summed E-state index contributed by atoms with van der Waals surface area (Å²) in [6.07, 6.45) is 0. The molecule has 0 fully saturated rings. The van der Waals surface area contributed by atoms with Crippen LogP contribution in [-0.2, 0) is 0 Å². The number of aryl methyl sites for hydroxylation is 2. The van der Waals surface area contributed by atoms with Crippen LogP contribution >= 0.6 is 11.3 Å². The summed E-state index contributed by atoms with van der Waals surface area (Å²) in [4.78, 5) is 21.1. The molecule has 124 valence electrons. The molecule has 0 spiro atoms. The Hall–Kier alpha value is -2.99. The number of anilines is 1. The van der Waals surface area contributed by atoms with E-state index in [0.717, 1.165) is 27.6 Å². The van der Waals surface area contributed by atoms with Gasteiger partial charge in [-0.3, -0.25) is 9.36 Å². The molecule has 4 rings (SSSR count). The Labute approximate surface area is 149 Å². The van der Waals surface area contributed by atoms with Crippen molar-refractivity contribution in [3.05, 3.63) is 70.4 Å². The van der Waals surface area contributed by atoms with Gasteiger partial charge in [-0.1, -0.05) is 18.2 Å². The Morgan fingerprint density at radius 3 is 2.60 bits per heavy atom. The number of carbonyl (C=O) groups is 1. The number of nitrogens with one attached hydrogen (secondary N) is 1. The van der Waals surface area contributed by atoms with Gasteiger partial charge >= 0.3 is 0 Å². The van der Waals surface area contributed by atoms with Crippen molar-refractivity contribution in [2.24, 2.45) is 0 Å². The van der Waals surface area contributed by atoms with Gasteiger partial charge in [0.1, 0.15) is 11.5 Å². The second-order valence-corrected chi connectivity index (χ2v) is 6.80. The van der Waals surface area contributed by atoms with Gasteiger partial charge in [-0.15, -0.1) is 11.3 Å². The van der Waals surface area contributed by atoms with Crippen LogP contribution in [0.15, 0.2) is 53.9 Å². The quantitative estimate of drug-likeness (QED) is 0.599. The molecule has 0 atom stereocenters. The van der Waals surface area contributed by atoms with Gasteiger partial charge in [0.15, 0.2) is 0 Å². The highest BCUT2D eigenvalue weighted by molar-refractivity contribution is 7.09. The van der Waals surface area contributed by atoms with E-state index in [9.17, 15) is 4.79 Å². The summed E-state index contributed by atoms with van der Waals surface area (Å²) in [7, 11) is 0. The number of aromatic nitrogens is 3. The number of nitrogens with zero attached hydrogens (tertiary/aromatic N) is 3. The van der Waals surface area contributed by atoms with Crippen molar-refractivity contribution < 1.29 is 4.79 Å². The normalized spacial score (nSPS) is 11.0. The summed E-state index contributed by atoms with van der Waals surface area (Å²) in [5.74, 6) is 0.697. The standard InChI is InChI=1S/C19H16N4OS/c1-12-20-16-10-14(22-19(24)17-11-25-13(2)21-17)8-9-18(16)23(12)15-6-4-3-5-7-15/h3-11H,1-2H3,(H,22,24). The summed E-state index contributed by atoms with van der Waals surface area (Å²) in [6.45, 7) is 3.86. The second kappa shape index (κ2) is 6.14. The molecule has 2 heterocycles. The lowest BCUT2D eigenvalue weighted by Crippen LogP contribution is -2.12. The molecular weight excluding hydrogens is 332 g/mol. The van der Waals surface area contributed by atoms with E-state index in [0.29, 0.717) is 11.4 Å². The van der Waals surface area contributed by atoms with Crippen molar-refractivity contribution >= 4 is 34.0 Å². The number of fused-ring (bicyclic) bond motifs is 1. The molecule has 2 aromatic heterocycles. The van der Waals surface area contributed by atoms with Crippen molar-refractivity contribution in [1.82, 2.24) is 14.5 Å². The average molecular weight is 348 g/mol. The fourth-order valence-corrected chi connectivity index (χ4v) is 3.44. The number of hydrogen-bond acceptors (Lipinski definition) is 4. The summed E-state index contributed by atoms with van der Waals surface area (Å²) in [5.41, 5.74) is 4.06. The van der Waals surface area contributed by atoms with E-state index in [1.165, 1.54) is 11.3 Å². The molecule has 0 unspecified atom stereocenters. The summed E-state index contributed by atoms with van der Waals surface area (Å²) in [5, 5.41) is 5.52. The Balaban J connectivity index is 1.69. The molecule has 0 radical (unpaired) electrons. The minimum absolute atomic E-state index is 0.206. The maximum atomic E-state index is 12.3. The number of rotatable bonds is 3. The van der Waals surface area contributed by atoms with E-state index in [4.69, 9.17) is 0 Å². The lowest BCUT2D eigenvalue weighted by molar-refractivity contribution is 0.102. The predicted molar refractivity (Wildman–Crippen MR) is 101 cm³/mol. The monoisotopic (exact) mass is 348 g/mol. The molecule has 2 aromatic carbocycles. The van der Waals surface area contributed by atoms with Gasteiger partial charge < -0.3 is 5.32 Å². The highest BCUT2D eigenvalue weighted by atomic mass is 32.1. The fraction of sp³-hybridized carbons (Fsp3) is 0.105. The van der Waals surface area contributed by atoms with Crippen LogP contribution in [0.5, 0.6) is 0 Å². The Morgan fingerprint density at radius 1 is 1.08 bits per heavy atom. The third-order valence-electron chi connectivity index (χ3n) is 3.95. The molecular formula is C19H16N4OS. The summed E-state index contributed by atoms with van der Waals surface area (Å²) in [6, 6.07) is 15.9. The first-order valence-corrected chi connectivity index (χ1v) is 8.78. The van der Waals surface area contributed by atoms with Crippen LogP contribution in [0, 0.1) is 13.8 Å². The number of amides is 1. The highest BCUT2D eigenvalue weighted by Gasteiger charge is 2.13. The number of imidazole rings is 1. The van der Waals surface area contributed by atoms with E-state index < -0.39 is 0 Å². The number of thiazole rings is 1. The zero-order valence-corrected chi connectivity index (χ0v) is 14.7. The van der Waals surface area contributed by atoms with Crippen molar-refractivity contribution in [3.8, 4) is 5.69 Å². The van der Waals surface area contributed by atoms with E-state index in [2.05, 4.69) is 19.9 Å². The molecule has 0 saturated heterocycles. The number of hydrogen-bond donors (Lipinski definition) is 1. The van der Waals surface area contributed by atoms with Gasteiger partial charge in [-0.25, -0.2) is 9.97 Å². The zero-order chi connectivity index (χ0) is 17.4. The Morgan fingerprint density at radius 2 is 1.88 bits per heavy atom. The minimum Gasteiger partial charge on any atom is -0.321 e. The minimum atomic E-state index is -0.206. The summed E-state index contributed by atoms with van der Waals surface area (Å²) < 4.78 is 2.10. The third kappa shape index (κ3) is 2.92. The molecule has 0 aliphatic rings. The SMILES string of the molecule is Cc1nc(C(=O)Nc2ccc3c(c2)nc(C)n3-c2ccccc2)cs1. The van der Waals surface area contributed by atoms with Crippen molar-refractivity contribution in [3.63, 3.8) is 0 Å². The number of carbonyl (C=O) groups excluding carboxylic acids is 1. The molecule has 0 saturated carbocycles. The van der Waals surface area contributed by atoms with Gasteiger partial charge in [0.05, 0.1) is 16.0 Å². The Bertz CT molecular complexity index is 1070. The lowest BCUT2D eigenvalue weighted by Gasteiger charge is -2.07. The third-order valence-corrected chi connectivity index (χ3v) is 4.72. The van der Waals surface area contributed by atoms with Crippen LogP contribution in [0.3, 0.4) is 0 Å². The molecule has 6 heteroatoms. The molecule has 5 nitrogen and oxygen atoms in total. The molecule has 25 heavy (non-hydrogen) atoms. The van der Waals surface area contributed by atoms with Crippen LogP contribution in [0.4, 0.5) is 5.69 Å². The van der Waals surface area contributed by atoms with Gasteiger partial charge in [-0.05, 0) is 44.2 Å². The highest BCUT2D eigenvalue weighted by Crippen LogP contribution is 2.24. The molecule has 0 aliphatic heterocycles. The maximum Gasteiger partial charge on any atom is 0.275 e. The van der Waals surface area contributed by atoms with Gasteiger partial charge in [-0.2, -0.15) is 0 Å². The first-order valence-electron chi connectivity index (χ1n) is 7.90. The van der Waals surface area contributed by atoms with Crippen molar-refractivity contribution in [2.45, 2.75) is 13.8 Å². The van der Waals surface area contributed by atoms with E-state index >= 15 is 0 Å². The molecule has 4 aromatic rings. The van der Waals surface area contributed by atoms with Crippen molar-refractivity contribution in [2.75, 3.05) is 5.32 Å². The van der Waals surface area contributed by atoms with Crippen LogP contribution < -0.4 is 5.32 Å². The van der Waals surface area contributed by atoms with Crippen LogP contribution in [-0.4, -0.2) is 20.4 Å². The zero-order valence-electron chi connectivity index (χ0n) is 13.9. The van der Waals surface area contributed by atoms with E-state index in [-0.39, 0.29) is 5.91 Å². The largest absolute Gasteiger partial charge is 0.321 e. The summed E-state index contributed by atoms with van der Waals surface area (Å²) >= 11 is 1.46. The molecule has 0 aliphatic carbocycles. The van der Waals surface area contributed by atoms with Crippen LogP contribution in [0.1, 0.15) is 21.3 Å². The second-order valence-electron chi connectivity index (χ2n) is 5.74. The molecule has 0 bridgehead atoms. The van der Waals surface area contributed by atoms with E-state index in [1.54, 1.807) is 5.38 Å². The van der Waals surface area contributed by atoms with Gasteiger partial charge in [0, 0.05) is 16.8 Å². The van der Waals surface area contributed by atoms with Gasteiger partial charge in [0.25, 0.3) is 5.91 Å². The number of benzene rings is 2. The van der Waals surface area contributed by atoms with E-state index in [1.807, 2.05) is 62.4 Å². The molecule has 1 N–H and O–H groups in total. The topological polar surface area (TPSA) is 59.8 Å². The number of para-hydroxylation sites is 1. The average Bonchev–Trinajstić information content (AvgIpc) is 3.18. The lowest BCUT2D eigenvalue weighted by atomic mass is 10.2. The predicted octanol–water partition coefficient (Wildman–Crippen LogP) is 4.35. The first-order chi connectivity index (χ1) is 12.1. The molecule has 1 amide bonds. The smallest absolute Gasteiger partial charge is 0.275 e. The first kappa shape index (κ1) is 15.5. The maximum absolute atomic E-state index is 12.3. The Kier molecular flexibility index (Phi) is 3.82. The van der Waals surface area contributed by atoms with Crippen LogP contribution in [0.25, 0.3) is 16.7 Å². The van der Waals surface area contributed by atoms with Crippen molar-refractivity contribution in [1.29, 1.82) is 0 Å². The fourth-order valence-electron chi connectivity index (χ4n) is 2.84.